The number of hydrogen-bond acceptors (Lipinski definition) is 2. The van der Waals surface area contributed by atoms with Crippen molar-refractivity contribution < 1.29 is 9.59 Å². The standard InChI is InChI=1S/C25H30N2O2/c28-24(26-15-17-27(18-16-26)25(29)22-13-7-8-14-22)19-23(20-9-3-1-4-10-20)21-11-5-2-6-12-21/h1-6,9-12,22-23H,7-8,13-19H2. The summed E-state index contributed by atoms with van der Waals surface area (Å²) in [6.07, 6.45) is 4.89. The van der Waals surface area contributed by atoms with Gasteiger partial charge >= 0.3 is 0 Å². The molecule has 0 spiro atoms. The van der Waals surface area contributed by atoms with E-state index >= 15 is 0 Å². The van der Waals surface area contributed by atoms with Crippen molar-refractivity contribution in [2.24, 2.45) is 5.92 Å². The molecular weight excluding hydrogens is 360 g/mol. The summed E-state index contributed by atoms with van der Waals surface area (Å²) in [6, 6.07) is 20.5. The first-order valence-electron chi connectivity index (χ1n) is 10.9. The smallest absolute Gasteiger partial charge is 0.225 e. The Morgan fingerprint density at radius 1 is 0.759 bits per heavy atom. The van der Waals surface area contributed by atoms with E-state index in [1.807, 2.05) is 46.2 Å². The van der Waals surface area contributed by atoms with Crippen molar-refractivity contribution in [3.8, 4) is 0 Å². The fraction of sp³-hybridized carbons (Fsp3) is 0.440. The second-order valence-corrected chi connectivity index (χ2v) is 8.27. The van der Waals surface area contributed by atoms with E-state index in [4.69, 9.17) is 0 Å². The van der Waals surface area contributed by atoms with Crippen LogP contribution in [-0.4, -0.2) is 47.8 Å². The molecule has 0 bridgehead atoms. The molecule has 0 radical (unpaired) electrons. The minimum Gasteiger partial charge on any atom is -0.339 e. The molecule has 4 heteroatoms. The van der Waals surface area contributed by atoms with E-state index in [1.54, 1.807) is 0 Å². The van der Waals surface area contributed by atoms with Crippen molar-refractivity contribution >= 4 is 11.8 Å². The highest BCUT2D eigenvalue weighted by atomic mass is 16.2. The number of piperazine rings is 1. The number of nitrogens with zero attached hydrogens (tertiary/aromatic N) is 2. The average Bonchev–Trinajstić information content (AvgIpc) is 3.33. The zero-order valence-electron chi connectivity index (χ0n) is 17.0. The topological polar surface area (TPSA) is 40.6 Å². The maximum atomic E-state index is 13.1. The Hall–Kier alpha value is -2.62. The molecule has 2 aromatic carbocycles. The minimum atomic E-state index is 0.0584. The van der Waals surface area contributed by atoms with E-state index in [9.17, 15) is 9.59 Å². The SMILES string of the molecule is O=C(CC(c1ccccc1)c1ccccc1)N1CCN(C(=O)C2CCCC2)CC1. The molecule has 4 nitrogen and oxygen atoms in total. The van der Waals surface area contributed by atoms with Crippen LogP contribution in [0.15, 0.2) is 60.7 Å². The maximum Gasteiger partial charge on any atom is 0.225 e. The number of carbonyl (C=O) groups excluding carboxylic acids is 2. The lowest BCUT2D eigenvalue weighted by Crippen LogP contribution is -2.52. The van der Waals surface area contributed by atoms with Crippen LogP contribution in [0, 0.1) is 5.92 Å². The Labute approximate surface area is 173 Å². The van der Waals surface area contributed by atoms with Crippen LogP contribution < -0.4 is 0 Å². The zero-order valence-corrected chi connectivity index (χ0v) is 17.0. The second kappa shape index (κ2) is 9.25. The van der Waals surface area contributed by atoms with Crippen LogP contribution >= 0.6 is 0 Å². The van der Waals surface area contributed by atoms with Gasteiger partial charge in [-0.05, 0) is 24.0 Å². The van der Waals surface area contributed by atoms with Crippen LogP contribution in [0.2, 0.25) is 0 Å². The van der Waals surface area contributed by atoms with Gasteiger partial charge in [0.2, 0.25) is 11.8 Å². The van der Waals surface area contributed by atoms with Gasteiger partial charge in [0.15, 0.2) is 0 Å². The molecule has 2 fully saturated rings. The summed E-state index contributed by atoms with van der Waals surface area (Å²) in [5.41, 5.74) is 2.34. The Morgan fingerprint density at radius 2 is 1.24 bits per heavy atom. The molecule has 0 unspecified atom stereocenters. The van der Waals surface area contributed by atoms with Crippen molar-refractivity contribution in [2.45, 2.75) is 38.0 Å². The fourth-order valence-electron chi connectivity index (χ4n) is 4.71. The Kier molecular flexibility index (Phi) is 6.28. The number of hydrogen-bond donors (Lipinski definition) is 0. The van der Waals surface area contributed by atoms with Gasteiger partial charge in [0.25, 0.3) is 0 Å². The van der Waals surface area contributed by atoms with E-state index in [2.05, 4.69) is 24.3 Å². The molecule has 152 valence electrons. The lowest BCUT2D eigenvalue weighted by molar-refractivity contribution is -0.142. The van der Waals surface area contributed by atoms with Crippen LogP contribution in [0.1, 0.15) is 49.1 Å². The first kappa shape index (κ1) is 19.7. The zero-order chi connectivity index (χ0) is 20.1. The molecule has 1 aliphatic heterocycles. The predicted octanol–water partition coefficient (Wildman–Crippen LogP) is 4.07. The van der Waals surface area contributed by atoms with Gasteiger partial charge in [-0.2, -0.15) is 0 Å². The molecule has 2 amide bonds. The fourth-order valence-corrected chi connectivity index (χ4v) is 4.71. The average molecular weight is 391 g/mol. The van der Waals surface area contributed by atoms with Crippen LogP contribution in [0.5, 0.6) is 0 Å². The van der Waals surface area contributed by atoms with Crippen molar-refractivity contribution in [1.29, 1.82) is 0 Å². The molecule has 0 atom stereocenters. The number of rotatable bonds is 5. The first-order valence-corrected chi connectivity index (χ1v) is 10.9. The highest BCUT2D eigenvalue weighted by molar-refractivity contribution is 5.80. The van der Waals surface area contributed by atoms with E-state index in [0.717, 1.165) is 12.8 Å². The summed E-state index contributed by atoms with van der Waals surface area (Å²) in [5, 5.41) is 0. The molecule has 1 aliphatic carbocycles. The van der Waals surface area contributed by atoms with Crippen molar-refractivity contribution in [1.82, 2.24) is 9.80 Å². The summed E-state index contributed by atoms with van der Waals surface area (Å²) in [5.74, 6) is 0.762. The lowest BCUT2D eigenvalue weighted by Gasteiger charge is -2.36. The molecule has 29 heavy (non-hydrogen) atoms. The van der Waals surface area contributed by atoms with Gasteiger partial charge in [0.1, 0.15) is 0 Å². The Balaban J connectivity index is 1.39. The molecule has 4 rings (SSSR count). The third-order valence-corrected chi connectivity index (χ3v) is 6.43. The van der Waals surface area contributed by atoms with Crippen LogP contribution in [0.4, 0.5) is 0 Å². The van der Waals surface area contributed by atoms with Crippen LogP contribution in [-0.2, 0) is 9.59 Å². The van der Waals surface area contributed by atoms with E-state index < -0.39 is 0 Å². The third kappa shape index (κ3) is 4.69. The van der Waals surface area contributed by atoms with Gasteiger partial charge in [0, 0.05) is 44.4 Å². The maximum absolute atomic E-state index is 13.1. The quantitative estimate of drug-likeness (QED) is 0.772. The summed E-state index contributed by atoms with van der Waals surface area (Å²) in [7, 11) is 0. The number of amides is 2. The van der Waals surface area contributed by atoms with Crippen LogP contribution in [0.3, 0.4) is 0 Å². The highest BCUT2D eigenvalue weighted by Crippen LogP contribution is 2.29. The van der Waals surface area contributed by atoms with E-state index in [0.29, 0.717) is 38.5 Å². The Morgan fingerprint density at radius 3 is 1.76 bits per heavy atom. The first-order chi connectivity index (χ1) is 14.2. The normalized spacial score (nSPS) is 17.7. The third-order valence-electron chi connectivity index (χ3n) is 6.43. The molecule has 0 N–H and O–H groups in total. The molecular formula is C25H30N2O2. The van der Waals surface area contributed by atoms with E-state index in [1.165, 1.54) is 24.0 Å². The lowest BCUT2D eigenvalue weighted by atomic mass is 9.88. The predicted molar refractivity (Wildman–Crippen MR) is 114 cm³/mol. The summed E-state index contributed by atoms with van der Waals surface area (Å²) >= 11 is 0. The van der Waals surface area contributed by atoms with Crippen LogP contribution in [0.25, 0.3) is 0 Å². The van der Waals surface area contributed by atoms with Gasteiger partial charge in [-0.1, -0.05) is 73.5 Å². The second-order valence-electron chi connectivity index (χ2n) is 8.27. The van der Waals surface area contributed by atoms with Gasteiger partial charge < -0.3 is 9.80 Å². The number of carbonyl (C=O) groups is 2. The molecule has 1 saturated heterocycles. The largest absolute Gasteiger partial charge is 0.339 e. The summed E-state index contributed by atoms with van der Waals surface area (Å²) in [4.78, 5) is 29.7. The van der Waals surface area contributed by atoms with Gasteiger partial charge in [-0.15, -0.1) is 0 Å². The molecule has 0 aromatic heterocycles. The molecule has 1 saturated carbocycles. The van der Waals surface area contributed by atoms with Gasteiger partial charge in [-0.3, -0.25) is 9.59 Å². The minimum absolute atomic E-state index is 0.0584. The molecule has 1 heterocycles. The molecule has 2 aromatic rings. The van der Waals surface area contributed by atoms with Crippen molar-refractivity contribution in [2.75, 3.05) is 26.2 Å². The van der Waals surface area contributed by atoms with E-state index in [-0.39, 0.29) is 17.7 Å². The molecule has 2 aliphatic rings. The highest BCUT2D eigenvalue weighted by Gasteiger charge is 2.31. The van der Waals surface area contributed by atoms with Gasteiger partial charge in [-0.25, -0.2) is 0 Å². The Bertz CT molecular complexity index is 768. The number of benzene rings is 2. The van der Waals surface area contributed by atoms with Crippen molar-refractivity contribution in [3.05, 3.63) is 71.8 Å². The van der Waals surface area contributed by atoms with Gasteiger partial charge in [0.05, 0.1) is 0 Å². The summed E-state index contributed by atoms with van der Waals surface area (Å²) < 4.78 is 0. The monoisotopic (exact) mass is 390 g/mol. The van der Waals surface area contributed by atoms with Crippen molar-refractivity contribution in [3.63, 3.8) is 0 Å². The summed E-state index contributed by atoms with van der Waals surface area (Å²) in [6.45, 7) is 2.63.